The highest BCUT2D eigenvalue weighted by Crippen LogP contribution is 2.38. The molecule has 0 N–H and O–H groups in total. The highest BCUT2D eigenvalue weighted by Gasteiger charge is 2.24. The van der Waals surface area contributed by atoms with Crippen molar-refractivity contribution in [1.82, 2.24) is 14.5 Å². The Balaban J connectivity index is 1.27. The smallest absolute Gasteiger partial charge is 0.305 e. The van der Waals surface area contributed by atoms with Gasteiger partial charge in [-0.1, -0.05) is 74.2 Å². The molecule has 2 aromatic carbocycles. The van der Waals surface area contributed by atoms with Gasteiger partial charge in [-0.15, -0.1) is 0 Å². The second-order valence-corrected chi connectivity index (χ2v) is 18.3. The first-order chi connectivity index (χ1) is 20.3. The molecule has 0 amide bonds. The van der Waals surface area contributed by atoms with Crippen LogP contribution in [0.5, 0.6) is 0 Å². The van der Waals surface area contributed by atoms with Gasteiger partial charge in [0.25, 0.3) is 0 Å². The molecule has 0 spiro atoms. The number of methoxy groups -OCH3 is 1. The van der Waals surface area contributed by atoms with Gasteiger partial charge in [-0.2, -0.15) is 0 Å². The summed E-state index contributed by atoms with van der Waals surface area (Å²) in [5.41, 5.74) is 6.40. The minimum Gasteiger partial charge on any atom is -0.469 e. The van der Waals surface area contributed by atoms with E-state index in [4.69, 9.17) is 19.4 Å². The van der Waals surface area contributed by atoms with Crippen molar-refractivity contribution >= 4 is 14.0 Å². The molecular formula is C35H43N3O3Si. The van der Waals surface area contributed by atoms with Crippen molar-refractivity contribution in [2.75, 3.05) is 13.7 Å². The average Bonchev–Trinajstić information content (AvgIpc) is 3.44. The Kier molecular flexibility index (Phi) is 9.70. The Morgan fingerprint density at radius 3 is 2.21 bits per heavy atom. The van der Waals surface area contributed by atoms with Crippen molar-refractivity contribution in [1.29, 1.82) is 0 Å². The molecule has 220 valence electrons. The Bertz CT molecular complexity index is 1440. The second-order valence-electron chi connectivity index (χ2n) is 12.7. The van der Waals surface area contributed by atoms with Crippen LogP contribution in [-0.2, 0) is 21.0 Å². The molecule has 0 unspecified atom stereocenters. The molecule has 1 saturated carbocycles. The molecule has 6 nitrogen and oxygen atoms in total. The molecule has 2 aromatic heterocycles. The van der Waals surface area contributed by atoms with Gasteiger partial charge in [0, 0.05) is 50.2 Å². The Hall–Kier alpha value is -3.55. The van der Waals surface area contributed by atoms with Gasteiger partial charge in [-0.05, 0) is 61.3 Å². The summed E-state index contributed by atoms with van der Waals surface area (Å²) in [6.07, 6.45) is 8.94. The van der Waals surface area contributed by atoms with Crippen molar-refractivity contribution in [3.05, 3.63) is 84.7 Å². The number of hydrogen-bond acceptors (Lipinski definition) is 5. The van der Waals surface area contributed by atoms with Crippen LogP contribution < -0.4 is 0 Å². The SMILES string of the molecule is COC(=O)C[C@H]1CC[C@H](c2ccc(-c3ccc(-c4nc(-c5ccccc5)cn4COCC[Si](C)(C)C)cn3)cc2)CC1. The maximum absolute atomic E-state index is 11.6. The molecule has 0 bridgehead atoms. The van der Waals surface area contributed by atoms with Crippen LogP contribution in [0.2, 0.25) is 25.7 Å². The summed E-state index contributed by atoms with van der Waals surface area (Å²) < 4.78 is 13.1. The third-order valence-electron chi connectivity index (χ3n) is 8.30. The molecule has 1 fully saturated rings. The van der Waals surface area contributed by atoms with Crippen LogP contribution >= 0.6 is 0 Å². The van der Waals surface area contributed by atoms with Gasteiger partial charge in [0.15, 0.2) is 0 Å². The lowest BCUT2D eigenvalue weighted by atomic mass is 9.77. The van der Waals surface area contributed by atoms with Gasteiger partial charge in [0.2, 0.25) is 0 Å². The van der Waals surface area contributed by atoms with Crippen LogP contribution in [0.15, 0.2) is 79.1 Å². The number of hydrogen-bond donors (Lipinski definition) is 0. The van der Waals surface area contributed by atoms with E-state index in [1.165, 1.54) is 12.7 Å². The van der Waals surface area contributed by atoms with E-state index in [1.807, 2.05) is 24.4 Å². The number of carbonyl (C=O) groups is 1. The molecule has 1 aliphatic carbocycles. The summed E-state index contributed by atoms with van der Waals surface area (Å²) in [4.78, 5) is 21.5. The average molecular weight is 582 g/mol. The number of imidazole rings is 1. The normalized spacial score (nSPS) is 17.2. The summed E-state index contributed by atoms with van der Waals surface area (Å²) in [7, 11) is 0.315. The lowest BCUT2D eigenvalue weighted by molar-refractivity contribution is -0.142. The van der Waals surface area contributed by atoms with Gasteiger partial charge in [-0.25, -0.2) is 4.98 Å². The summed E-state index contributed by atoms with van der Waals surface area (Å²) in [5.74, 6) is 1.77. The number of aromatic nitrogens is 3. The second kappa shape index (κ2) is 13.6. The van der Waals surface area contributed by atoms with Gasteiger partial charge < -0.3 is 14.0 Å². The molecule has 42 heavy (non-hydrogen) atoms. The van der Waals surface area contributed by atoms with Crippen molar-refractivity contribution in [2.45, 2.75) is 70.4 Å². The predicted octanol–water partition coefficient (Wildman–Crippen LogP) is 8.43. The number of pyridine rings is 1. The van der Waals surface area contributed by atoms with Crippen LogP contribution in [0.3, 0.4) is 0 Å². The monoisotopic (exact) mass is 581 g/mol. The van der Waals surface area contributed by atoms with E-state index in [1.54, 1.807) is 0 Å². The molecular weight excluding hydrogens is 538 g/mol. The third-order valence-corrected chi connectivity index (χ3v) is 10.0. The van der Waals surface area contributed by atoms with Gasteiger partial charge in [0.1, 0.15) is 12.6 Å². The zero-order chi connectivity index (χ0) is 29.5. The maximum Gasteiger partial charge on any atom is 0.305 e. The van der Waals surface area contributed by atoms with Crippen LogP contribution in [0.1, 0.15) is 43.6 Å². The fraction of sp³-hybridized carbons (Fsp3) is 0.400. The standard InChI is InChI=1S/C35H43N3O3Si/c1-40-34(39)22-26-10-12-27(13-11-26)28-14-16-30(17-15-28)32-19-18-31(23-36-32)35-37-33(29-8-6-5-7-9-29)24-38(35)25-41-20-21-42(2,3)4/h5-9,14-19,23-24,26-27H,10-13,20-22,25H2,1-4H3/t26-,27-. The van der Waals surface area contributed by atoms with E-state index in [0.29, 0.717) is 25.0 Å². The molecule has 0 saturated heterocycles. The first kappa shape index (κ1) is 29.9. The summed E-state index contributed by atoms with van der Waals surface area (Å²) in [6.45, 7) is 8.33. The molecule has 7 heteroatoms. The van der Waals surface area contributed by atoms with Crippen LogP contribution in [0.25, 0.3) is 33.9 Å². The number of ether oxygens (including phenoxy) is 2. The fourth-order valence-corrected chi connectivity index (χ4v) is 6.43. The predicted molar refractivity (Wildman–Crippen MR) is 172 cm³/mol. The Labute approximate surface area is 251 Å². The first-order valence-corrected chi connectivity index (χ1v) is 18.8. The van der Waals surface area contributed by atoms with Crippen molar-refractivity contribution < 1.29 is 14.3 Å². The lowest BCUT2D eigenvalue weighted by Crippen LogP contribution is -2.22. The van der Waals surface area contributed by atoms with Crippen LogP contribution in [0, 0.1) is 5.92 Å². The van der Waals surface area contributed by atoms with E-state index in [9.17, 15) is 4.79 Å². The third kappa shape index (κ3) is 7.84. The van der Waals surface area contributed by atoms with E-state index in [0.717, 1.165) is 72.2 Å². The molecule has 2 heterocycles. The highest BCUT2D eigenvalue weighted by molar-refractivity contribution is 6.76. The Morgan fingerprint density at radius 2 is 1.57 bits per heavy atom. The number of rotatable bonds is 11. The zero-order valence-electron chi connectivity index (χ0n) is 25.4. The van der Waals surface area contributed by atoms with E-state index in [-0.39, 0.29) is 5.97 Å². The Morgan fingerprint density at radius 1 is 0.881 bits per heavy atom. The maximum atomic E-state index is 11.6. The number of esters is 1. The number of carbonyl (C=O) groups excluding carboxylic acids is 1. The lowest BCUT2D eigenvalue weighted by Gasteiger charge is -2.28. The van der Waals surface area contributed by atoms with Crippen LogP contribution in [0.4, 0.5) is 0 Å². The molecule has 1 aliphatic rings. The van der Waals surface area contributed by atoms with E-state index >= 15 is 0 Å². The van der Waals surface area contributed by atoms with Crippen molar-refractivity contribution in [2.24, 2.45) is 5.92 Å². The molecule has 0 atom stereocenters. The first-order valence-electron chi connectivity index (χ1n) is 15.1. The van der Waals surface area contributed by atoms with Gasteiger partial charge in [-0.3, -0.25) is 9.78 Å². The summed E-state index contributed by atoms with van der Waals surface area (Å²) in [6, 6.07) is 24.4. The topological polar surface area (TPSA) is 66.2 Å². The number of benzene rings is 2. The van der Waals surface area contributed by atoms with Crippen molar-refractivity contribution in [3.8, 4) is 33.9 Å². The quantitative estimate of drug-likeness (QED) is 0.101. The highest BCUT2D eigenvalue weighted by atomic mass is 28.3. The van der Waals surface area contributed by atoms with E-state index in [2.05, 4.69) is 78.9 Å². The molecule has 5 rings (SSSR count). The fourth-order valence-electron chi connectivity index (χ4n) is 5.68. The summed E-state index contributed by atoms with van der Waals surface area (Å²) >= 11 is 0. The zero-order valence-corrected chi connectivity index (χ0v) is 26.4. The molecule has 0 aliphatic heterocycles. The van der Waals surface area contributed by atoms with Crippen molar-refractivity contribution in [3.63, 3.8) is 0 Å². The minimum absolute atomic E-state index is 0.0901. The molecule has 4 aromatic rings. The largest absolute Gasteiger partial charge is 0.469 e. The van der Waals surface area contributed by atoms with E-state index < -0.39 is 8.07 Å². The van der Waals surface area contributed by atoms with Crippen LogP contribution in [-0.4, -0.2) is 42.3 Å². The summed E-state index contributed by atoms with van der Waals surface area (Å²) in [5, 5.41) is 0. The number of nitrogens with zero attached hydrogens (tertiary/aromatic N) is 3. The van der Waals surface area contributed by atoms with Gasteiger partial charge in [0.05, 0.1) is 18.5 Å². The van der Waals surface area contributed by atoms with Gasteiger partial charge >= 0.3 is 5.97 Å². The minimum atomic E-state index is -1.16. The molecule has 0 radical (unpaired) electrons.